The number of piperidine rings is 1. The number of likely N-dealkylation sites (tertiary alicyclic amines) is 1. The van der Waals surface area contributed by atoms with Gasteiger partial charge in [-0.3, -0.25) is 4.79 Å². The number of nitrogens with one attached hydrogen (secondary N) is 2. The van der Waals surface area contributed by atoms with Crippen molar-refractivity contribution in [3.8, 4) is 11.1 Å². The second kappa shape index (κ2) is 8.74. The van der Waals surface area contributed by atoms with Crippen LogP contribution in [0.25, 0.3) is 16.8 Å². The first kappa shape index (κ1) is 19.6. The molecule has 0 spiro atoms. The van der Waals surface area contributed by atoms with Crippen molar-refractivity contribution in [2.45, 2.75) is 39.5 Å². The molecule has 1 aromatic carbocycles. The minimum Gasteiger partial charge on any atom is -0.346 e. The summed E-state index contributed by atoms with van der Waals surface area (Å²) < 4.78 is 1.85. The van der Waals surface area contributed by atoms with Crippen LogP contribution in [0.2, 0.25) is 0 Å². The standard InChI is InChI=1S/C23H29N5O/c1-3-20-19(23(29)24-12-15-27-13-8-5-9-14-27)16-25-22-21(17(2)26-28(20)22)18-10-6-4-7-11-18/h4,6-7,10-11,16H,3,5,8-9,12-15H2,1-2H3,(H,24,29)/p+1. The molecule has 6 nitrogen and oxygen atoms in total. The zero-order chi connectivity index (χ0) is 20.2. The molecule has 152 valence electrons. The van der Waals surface area contributed by atoms with E-state index in [0.29, 0.717) is 18.5 Å². The van der Waals surface area contributed by atoms with E-state index in [0.717, 1.165) is 34.7 Å². The zero-order valence-electron chi connectivity index (χ0n) is 17.4. The highest BCUT2D eigenvalue weighted by atomic mass is 16.1. The second-order valence-electron chi connectivity index (χ2n) is 7.85. The van der Waals surface area contributed by atoms with Gasteiger partial charge in [0.1, 0.15) is 0 Å². The molecule has 0 unspecified atom stereocenters. The Hall–Kier alpha value is -2.73. The highest BCUT2D eigenvalue weighted by molar-refractivity contribution is 5.95. The molecule has 1 fully saturated rings. The average molecular weight is 393 g/mol. The van der Waals surface area contributed by atoms with E-state index in [9.17, 15) is 4.79 Å². The van der Waals surface area contributed by atoms with Gasteiger partial charge in [0.05, 0.1) is 43.1 Å². The maximum atomic E-state index is 12.9. The van der Waals surface area contributed by atoms with Gasteiger partial charge in [0, 0.05) is 11.8 Å². The van der Waals surface area contributed by atoms with Crippen molar-refractivity contribution in [1.29, 1.82) is 0 Å². The van der Waals surface area contributed by atoms with Crippen LogP contribution in [-0.2, 0) is 6.42 Å². The summed E-state index contributed by atoms with van der Waals surface area (Å²) in [4.78, 5) is 19.1. The number of quaternary nitrogens is 1. The number of benzene rings is 1. The fourth-order valence-electron chi connectivity index (χ4n) is 4.36. The Kier molecular flexibility index (Phi) is 5.90. The first-order valence-electron chi connectivity index (χ1n) is 10.7. The van der Waals surface area contributed by atoms with E-state index in [-0.39, 0.29) is 5.91 Å². The Bertz CT molecular complexity index is 989. The summed E-state index contributed by atoms with van der Waals surface area (Å²) in [5.41, 5.74) is 5.38. The lowest BCUT2D eigenvalue weighted by Crippen LogP contribution is -3.13. The normalized spacial score (nSPS) is 15.0. The van der Waals surface area contributed by atoms with Gasteiger partial charge in [-0.15, -0.1) is 0 Å². The number of rotatable bonds is 6. The van der Waals surface area contributed by atoms with E-state index in [1.807, 2.05) is 29.6 Å². The van der Waals surface area contributed by atoms with Crippen molar-refractivity contribution in [2.24, 2.45) is 0 Å². The summed E-state index contributed by atoms with van der Waals surface area (Å²) in [7, 11) is 0. The SMILES string of the molecule is CCc1c(C(=O)NCC[NH+]2CCCCC2)cnc2c(-c3ccccc3)c(C)nn12. The third kappa shape index (κ3) is 4.03. The van der Waals surface area contributed by atoms with Crippen LogP contribution in [0.4, 0.5) is 0 Å². The van der Waals surface area contributed by atoms with Crippen LogP contribution >= 0.6 is 0 Å². The highest BCUT2D eigenvalue weighted by Crippen LogP contribution is 2.28. The molecular formula is C23H30N5O+. The molecule has 3 aromatic rings. The van der Waals surface area contributed by atoms with E-state index in [4.69, 9.17) is 5.10 Å². The monoisotopic (exact) mass is 392 g/mol. The van der Waals surface area contributed by atoms with Crippen LogP contribution < -0.4 is 10.2 Å². The first-order valence-corrected chi connectivity index (χ1v) is 10.7. The van der Waals surface area contributed by atoms with Crippen LogP contribution in [0.3, 0.4) is 0 Å². The molecule has 0 atom stereocenters. The summed E-state index contributed by atoms with van der Waals surface area (Å²) in [6.45, 7) is 8.18. The molecule has 1 aliphatic rings. The van der Waals surface area contributed by atoms with Crippen LogP contribution in [0.5, 0.6) is 0 Å². The number of aromatic nitrogens is 3. The number of hydrogen-bond acceptors (Lipinski definition) is 3. The predicted molar refractivity (Wildman–Crippen MR) is 114 cm³/mol. The summed E-state index contributed by atoms with van der Waals surface area (Å²) in [6, 6.07) is 10.2. The summed E-state index contributed by atoms with van der Waals surface area (Å²) in [5.74, 6) is -0.0536. The van der Waals surface area contributed by atoms with Gasteiger partial charge in [0.2, 0.25) is 0 Å². The van der Waals surface area contributed by atoms with Crippen molar-refractivity contribution in [3.63, 3.8) is 0 Å². The van der Waals surface area contributed by atoms with Gasteiger partial charge >= 0.3 is 0 Å². The fraction of sp³-hybridized carbons (Fsp3) is 0.435. The quantitative estimate of drug-likeness (QED) is 0.675. The minimum absolute atomic E-state index is 0.0536. The molecule has 0 radical (unpaired) electrons. The van der Waals surface area contributed by atoms with Crippen molar-refractivity contribution in [2.75, 3.05) is 26.2 Å². The first-order chi connectivity index (χ1) is 14.2. The average Bonchev–Trinajstić information content (AvgIpc) is 3.10. The van der Waals surface area contributed by atoms with Crippen molar-refractivity contribution in [1.82, 2.24) is 19.9 Å². The Labute approximate surface area is 171 Å². The van der Waals surface area contributed by atoms with E-state index < -0.39 is 0 Å². The van der Waals surface area contributed by atoms with E-state index >= 15 is 0 Å². The molecule has 0 aliphatic carbocycles. The number of amides is 1. The highest BCUT2D eigenvalue weighted by Gasteiger charge is 2.20. The minimum atomic E-state index is -0.0536. The number of fused-ring (bicyclic) bond motifs is 1. The summed E-state index contributed by atoms with van der Waals surface area (Å²) >= 11 is 0. The molecule has 0 bridgehead atoms. The molecule has 1 amide bonds. The number of nitrogens with zero attached hydrogens (tertiary/aromatic N) is 3. The third-order valence-electron chi connectivity index (χ3n) is 5.89. The van der Waals surface area contributed by atoms with E-state index in [2.05, 4.69) is 29.4 Å². The largest absolute Gasteiger partial charge is 0.346 e. The zero-order valence-corrected chi connectivity index (χ0v) is 17.4. The molecule has 2 aromatic heterocycles. The molecular weight excluding hydrogens is 362 g/mol. The van der Waals surface area contributed by atoms with Crippen molar-refractivity contribution < 1.29 is 9.69 Å². The molecule has 2 N–H and O–H groups in total. The Balaban J connectivity index is 1.58. The maximum absolute atomic E-state index is 12.9. The topological polar surface area (TPSA) is 63.7 Å². The lowest BCUT2D eigenvalue weighted by Gasteiger charge is -2.23. The molecule has 1 aliphatic heterocycles. The van der Waals surface area contributed by atoms with Crippen LogP contribution in [-0.4, -0.2) is 46.7 Å². The van der Waals surface area contributed by atoms with E-state index in [1.165, 1.54) is 32.4 Å². The van der Waals surface area contributed by atoms with Gasteiger partial charge in [-0.1, -0.05) is 37.3 Å². The molecule has 4 rings (SSSR count). The Morgan fingerprint density at radius 1 is 1.17 bits per heavy atom. The van der Waals surface area contributed by atoms with Gasteiger partial charge in [-0.05, 0) is 38.2 Å². The van der Waals surface area contributed by atoms with Crippen molar-refractivity contribution >= 4 is 11.6 Å². The van der Waals surface area contributed by atoms with Crippen LogP contribution in [0, 0.1) is 6.92 Å². The predicted octanol–water partition coefficient (Wildman–Crippen LogP) is 2.07. The summed E-state index contributed by atoms with van der Waals surface area (Å²) in [6.07, 6.45) is 6.37. The maximum Gasteiger partial charge on any atom is 0.254 e. The van der Waals surface area contributed by atoms with Gasteiger partial charge in [-0.2, -0.15) is 5.10 Å². The number of carbonyl (C=O) groups excluding carboxylic acids is 1. The lowest BCUT2D eigenvalue weighted by molar-refractivity contribution is -0.903. The van der Waals surface area contributed by atoms with Gasteiger partial charge < -0.3 is 10.2 Å². The lowest BCUT2D eigenvalue weighted by atomic mass is 10.1. The number of hydrogen-bond donors (Lipinski definition) is 2. The number of aryl methyl sites for hydroxylation is 2. The van der Waals surface area contributed by atoms with Gasteiger partial charge in [0.25, 0.3) is 5.91 Å². The third-order valence-corrected chi connectivity index (χ3v) is 5.89. The molecule has 3 heterocycles. The molecule has 0 saturated carbocycles. The Morgan fingerprint density at radius 3 is 2.66 bits per heavy atom. The van der Waals surface area contributed by atoms with Gasteiger partial charge in [-0.25, -0.2) is 9.50 Å². The van der Waals surface area contributed by atoms with Crippen LogP contribution in [0.15, 0.2) is 36.5 Å². The molecule has 6 heteroatoms. The van der Waals surface area contributed by atoms with Crippen LogP contribution in [0.1, 0.15) is 47.9 Å². The smallest absolute Gasteiger partial charge is 0.254 e. The number of carbonyl (C=O) groups is 1. The Morgan fingerprint density at radius 2 is 1.93 bits per heavy atom. The molecule has 1 saturated heterocycles. The molecule has 29 heavy (non-hydrogen) atoms. The fourth-order valence-corrected chi connectivity index (χ4v) is 4.36. The van der Waals surface area contributed by atoms with Crippen molar-refractivity contribution in [3.05, 3.63) is 53.5 Å². The second-order valence-corrected chi connectivity index (χ2v) is 7.85. The van der Waals surface area contributed by atoms with E-state index in [1.54, 1.807) is 11.1 Å². The summed E-state index contributed by atoms with van der Waals surface area (Å²) in [5, 5.41) is 7.82. The van der Waals surface area contributed by atoms with Gasteiger partial charge in [0.15, 0.2) is 5.65 Å².